The number of anilines is 1. The summed E-state index contributed by atoms with van der Waals surface area (Å²) in [5.41, 5.74) is 0.610. The van der Waals surface area contributed by atoms with Crippen LogP contribution in [-0.2, 0) is 4.74 Å². The minimum Gasteiger partial charge on any atom is -0.449 e. The predicted molar refractivity (Wildman–Crippen MR) is 60.3 cm³/mol. The van der Waals surface area contributed by atoms with Crippen molar-refractivity contribution in [1.29, 1.82) is 0 Å². The highest BCUT2D eigenvalue weighted by Gasteiger charge is 2.27. The maximum atomic E-state index is 12.8. The normalized spacial score (nSPS) is 20.2. The zero-order valence-corrected chi connectivity index (χ0v) is 9.30. The topological polar surface area (TPSA) is 49.8 Å². The molecule has 1 fully saturated rings. The summed E-state index contributed by atoms with van der Waals surface area (Å²) in [7, 11) is 0. The van der Waals surface area contributed by atoms with E-state index in [0.717, 1.165) is 0 Å². The first-order valence-electron chi connectivity index (χ1n) is 5.51. The minimum absolute atomic E-state index is 0.0689. The van der Waals surface area contributed by atoms with Gasteiger partial charge < -0.3 is 9.84 Å². The van der Waals surface area contributed by atoms with Crippen molar-refractivity contribution in [3.8, 4) is 0 Å². The molecule has 1 N–H and O–H groups in total. The van der Waals surface area contributed by atoms with Gasteiger partial charge in [0.1, 0.15) is 5.82 Å². The summed E-state index contributed by atoms with van der Waals surface area (Å²) >= 11 is 0. The third kappa shape index (κ3) is 2.74. The van der Waals surface area contributed by atoms with Crippen LogP contribution in [0.15, 0.2) is 24.3 Å². The molecule has 1 aromatic carbocycles. The highest BCUT2D eigenvalue weighted by Crippen LogP contribution is 2.22. The number of halogens is 1. The average Bonchev–Trinajstić information content (AvgIpc) is 2.33. The van der Waals surface area contributed by atoms with E-state index in [1.165, 1.54) is 29.2 Å². The summed E-state index contributed by atoms with van der Waals surface area (Å²) < 4.78 is 17.8. The van der Waals surface area contributed by atoms with Crippen LogP contribution >= 0.6 is 0 Å². The van der Waals surface area contributed by atoms with E-state index < -0.39 is 6.09 Å². The van der Waals surface area contributed by atoms with Gasteiger partial charge in [0.05, 0.1) is 6.61 Å². The largest absolute Gasteiger partial charge is 0.449 e. The van der Waals surface area contributed by atoms with Gasteiger partial charge in [-0.25, -0.2) is 9.18 Å². The molecule has 5 heteroatoms. The molecule has 1 aliphatic rings. The van der Waals surface area contributed by atoms with E-state index in [0.29, 0.717) is 25.3 Å². The smallest absolute Gasteiger partial charge is 0.414 e. The number of carbonyl (C=O) groups is 1. The number of amides is 1. The number of ether oxygens (including phenoxy) is 1. The molecule has 0 aromatic heterocycles. The molecule has 1 saturated heterocycles. The van der Waals surface area contributed by atoms with Crippen LogP contribution in [0.5, 0.6) is 0 Å². The van der Waals surface area contributed by atoms with Gasteiger partial charge in [-0.1, -0.05) is 0 Å². The molecule has 0 bridgehead atoms. The Labute approximate surface area is 98.6 Å². The van der Waals surface area contributed by atoms with Gasteiger partial charge >= 0.3 is 6.09 Å². The first-order chi connectivity index (χ1) is 8.20. The Balaban J connectivity index is 2.12. The number of hydrogen-bond donors (Lipinski definition) is 1. The van der Waals surface area contributed by atoms with Gasteiger partial charge in [0.2, 0.25) is 0 Å². The Kier molecular flexibility index (Phi) is 3.58. The lowest BCUT2D eigenvalue weighted by atomic mass is 10.1. The average molecular weight is 239 g/mol. The van der Waals surface area contributed by atoms with E-state index in [-0.39, 0.29) is 18.3 Å². The van der Waals surface area contributed by atoms with Crippen molar-refractivity contribution in [2.45, 2.75) is 6.42 Å². The summed E-state index contributed by atoms with van der Waals surface area (Å²) in [4.78, 5) is 13.0. The number of nitrogens with zero attached hydrogens (tertiary/aromatic N) is 1. The Morgan fingerprint density at radius 3 is 2.76 bits per heavy atom. The van der Waals surface area contributed by atoms with E-state index in [1.54, 1.807) is 0 Å². The maximum absolute atomic E-state index is 12.8. The van der Waals surface area contributed by atoms with Crippen molar-refractivity contribution in [2.24, 2.45) is 5.92 Å². The van der Waals surface area contributed by atoms with E-state index >= 15 is 0 Å². The number of carbonyl (C=O) groups excluding carboxylic acids is 1. The van der Waals surface area contributed by atoms with Gasteiger partial charge in [-0.2, -0.15) is 0 Å². The molecular weight excluding hydrogens is 225 g/mol. The fraction of sp³-hybridized carbons (Fsp3) is 0.417. The molecule has 17 heavy (non-hydrogen) atoms. The quantitative estimate of drug-likeness (QED) is 0.874. The van der Waals surface area contributed by atoms with Crippen molar-refractivity contribution in [2.75, 3.05) is 24.7 Å². The third-order valence-electron chi connectivity index (χ3n) is 2.78. The zero-order valence-electron chi connectivity index (χ0n) is 9.30. The monoisotopic (exact) mass is 239 g/mol. The lowest BCUT2D eigenvalue weighted by molar-refractivity contribution is 0.104. The molecule has 92 valence electrons. The van der Waals surface area contributed by atoms with Crippen LogP contribution in [0.1, 0.15) is 6.42 Å². The molecule has 1 heterocycles. The number of rotatable bonds is 3. The molecule has 0 radical (unpaired) electrons. The lowest BCUT2D eigenvalue weighted by Crippen LogP contribution is -2.43. The van der Waals surface area contributed by atoms with Gasteiger partial charge in [-0.05, 0) is 30.7 Å². The first-order valence-corrected chi connectivity index (χ1v) is 5.51. The molecule has 0 spiro atoms. The van der Waals surface area contributed by atoms with E-state index in [1.807, 2.05) is 0 Å². The molecular formula is C12H14FNO3. The molecule has 1 aromatic rings. The van der Waals surface area contributed by atoms with Crippen LogP contribution in [0.25, 0.3) is 0 Å². The Morgan fingerprint density at radius 1 is 1.41 bits per heavy atom. The summed E-state index contributed by atoms with van der Waals surface area (Å²) in [6, 6.07) is 5.69. The molecule has 1 amide bonds. The molecule has 1 atom stereocenters. The number of cyclic esters (lactones) is 1. The van der Waals surface area contributed by atoms with Gasteiger partial charge in [0.15, 0.2) is 0 Å². The molecule has 2 rings (SSSR count). The maximum Gasteiger partial charge on any atom is 0.414 e. The first kappa shape index (κ1) is 11.9. The van der Waals surface area contributed by atoms with Gasteiger partial charge in [0, 0.05) is 24.8 Å². The summed E-state index contributed by atoms with van der Waals surface area (Å²) in [6.07, 6.45) is 0.163. The SMILES string of the molecule is O=C1OCC(CCO)CN1c1ccc(F)cc1. The molecule has 1 unspecified atom stereocenters. The minimum atomic E-state index is -0.425. The van der Waals surface area contributed by atoms with E-state index in [2.05, 4.69) is 0 Å². The number of aliphatic hydroxyl groups excluding tert-OH is 1. The Morgan fingerprint density at radius 2 is 2.12 bits per heavy atom. The van der Waals surface area contributed by atoms with Crippen molar-refractivity contribution >= 4 is 11.8 Å². The zero-order chi connectivity index (χ0) is 12.3. The number of benzene rings is 1. The molecule has 0 aliphatic carbocycles. The summed E-state index contributed by atoms with van der Waals surface area (Å²) in [6.45, 7) is 0.890. The Bertz CT molecular complexity index is 393. The van der Waals surface area contributed by atoms with Crippen LogP contribution in [0.2, 0.25) is 0 Å². The van der Waals surface area contributed by atoms with Gasteiger partial charge in [-0.3, -0.25) is 4.90 Å². The Hall–Kier alpha value is -1.62. The van der Waals surface area contributed by atoms with Crippen LogP contribution in [0.4, 0.5) is 14.9 Å². The van der Waals surface area contributed by atoms with Crippen LogP contribution in [0.3, 0.4) is 0 Å². The van der Waals surface area contributed by atoms with Crippen molar-refractivity contribution in [3.05, 3.63) is 30.1 Å². The van der Waals surface area contributed by atoms with Crippen LogP contribution in [-0.4, -0.2) is 31.0 Å². The second-order valence-electron chi connectivity index (χ2n) is 4.04. The molecule has 0 saturated carbocycles. The van der Waals surface area contributed by atoms with E-state index in [9.17, 15) is 9.18 Å². The van der Waals surface area contributed by atoms with Crippen molar-refractivity contribution in [1.82, 2.24) is 0 Å². The van der Waals surface area contributed by atoms with E-state index in [4.69, 9.17) is 9.84 Å². The van der Waals surface area contributed by atoms with Crippen LogP contribution < -0.4 is 4.90 Å². The molecule has 1 aliphatic heterocycles. The molecule has 4 nitrogen and oxygen atoms in total. The second-order valence-corrected chi connectivity index (χ2v) is 4.04. The van der Waals surface area contributed by atoms with Crippen molar-refractivity contribution < 1.29 is 19.0 Å². The number of aliphatic hydroxyl groups is 1. The highest BCUT2D eigenvalue weighted by atomic mass is 19.1. The fourth-order valence-corrected chi connectivity index (χ4v) is 1.84. The van der Waals surface area contributed by atoms with Gasteiger partial charge in [-0.15, -0.1) is 0 Å². The third-order valence-corrected chi connectivity index (χ3v) is 2.78. The summed E-state index contributed by atoms with van der Waals surface area (Å²) in [5, 5.41) is 8.87. The second kappa shape index (κ2) is 5.14. The highest BCUT2D eigenvalue weighted by molar-refractivity contribution is 5.88. The van der Waals surface area contributed by atoms with Gasteiger partial charge in [0.25, 0.3) is 0 Å². The number of hydrogen-bond acceptors (Lipinski definition) is 3. The fourth-order valence-electron chi connectivity index (χ4n) is 1.84. The van der Waals surface area contributed by atoms with Crippen molar-refractivity contribution in [3.63, 3.8) is 0 Å². The lowest BCUT2D eigenvalue weighted by Gasteiger charge is -2.31. The van der Waals surface area contributed by atoms with Crippen LogP contribution in [0, 0.1) is 11.7 Å². The standard InChI is InChI=1S/C12H14FNO3/c13-10-1-3-11(4-2-10)14-7-9(5-6-15)8-17-12(14)16/h1-4,9,15H,5-8H2. The summed E-state index contributed by atoms with van der Waals surface area (Å²) in [5.74, 6) is -0.228. The predicted octanol–water partition coefficient (Wildman–Crippen LogP) is 1.78.